The van der Waals surface area contributed by atoms with Gasteiger partial charge in [-0.2, -0.15) is 0 Å². The Morgan fingerprint density at radius 3 is 2.23 bits per heavy atom. The van der Waals surface area contributed by atoms with Crippen LogP contribution in [0, 0.1) is 0 Å². The van der Waals surface area contributed by atoms with E-state index in [1.165, 1.54) is 6.07 Å². The smallest absolute Gasteiger partial charge is 0.0965 e. The molecule has 0 aliphatic heterocycles. The zero-order chi connectivity index (χ0) is 10.0. The molecule has 0 radical (unpaired) electrons. The van der Waals surface area contributed by atoms with Crippen LogP contribution in [-0.4, -0.2) is 5.84 Å². The first kappa shape index (κ1) is 10.6. The first-order valence-electron chi connectivity index (χ1n) is 3.46. The lowest BCUT2D eigenvalue weighted by Gasteiger charge is -2.01. The maximum atomic E-state index is 5.84. The predicted octanol–water partition coefficient (Wildman–Crippen LogP) is 3.66. The maximum absolute atomic E-state index is 5.84. The summed E-state index contributed by atoms with van der Waals surface area (Å²) in [5.74, 6) is 0.417. The van der Waals surface area contributed by atoms with Gasteiger partial charge in [0.2, 0.25) is 0 Å². The van der Waals surface area contributed by atoms with Gasteiger partial charge in [0.25, 0.3) is 0 Å². The minimum absolute atomic E-state index is 0.403. The second-order valence-corrected chi connectivity index (χ2v) is 3.69. The Kier molecular flexibility index (Phi) is 3.42. The molecule has 0 atom stereocenters. The van der Waals surface area contributed by atoms with Crippen LogP contribution in [0.2, 0.25) is 15.1 Å². The highest BCUT2D eigenvalue weighted by atomic mass is 35.5. The summed E-state index contributed by atoms with van der Waals surface area (Å²) in [5.41, 5.74) is 5.92. The summed E-state index contributed by atoms with van der Waals surface area (Å²) < 4.78 is 0. The molecule has 0 saturated carbocycles. The quantitative estimate of drug-likeness (QED) is 0.452. The number of nitrogens with two attached hydrogens (primary N) is 1. The molecular formula is C8H7Cl3N2. The van der Waals surface area contributed by atoms with Crippen molar-refractivity contribution in [2.75, 3.05) is 0 Å². The van der Waals surface area contributed by atoms with Crippen LogP contribution in [0.5, 0.6) is 0 Å². The Morgan fingerprint density at radius 1 is 1.15 bits per heavy atom. The molecule has 1 aromatic rings. The van der Waals surface area contributed by atoms with E-state index >= 15 is 0 Å². The molecule has 0 unspecified atom stereocenters. The fourth-order valence-electron chi connectivity index (χ4n) is 0.788. The van der Waals surface area contributed by atoms with Gasteiger partial charge in [-0.05, 0) is 19.1 Å². The molecule has 0 bridgehead atoms. The van der Waals surface area contributed by atoms with Gasteiger partial charge in [-0.15, -0.1) is 0 Å². The van der Waals surface area contributed by atoms with Gasteiger partial charge >= 0.3 is 0 Å². The van der Waals surface area contributed by atoms with Crippen LogP contribution in [0.1, 0.15) is 6.92 Å². The van der Waals surface area contributed by atoms with Crippen LogP contribution in [0.25, 0.3) is 0 Å². The van der Waals surface area contributed by atoms with Gasteiger partial charge in [-0.1, -0.05) is 34.8 Å². The average Bonchev–Trinajstić information content (AvgIpc) is 1.99. The second kappa shape index (κ2) is 4.18. The van der Waals surface area contributed by atoms with Crippen molar-refractivity contribution >= 4 is 46.3 Å². The standard InChI is InChI=1S/C8H7Cl3N2/c1-4(12)13-8-3-6(10)5(9)2-7(8)11/h2-3H,1H3,(H2,12,13). The molecule has 0 aliphatic rings. The summed E-state index contributed by atoms with van der Waals surface area (Å²) >= 11 is 17.3. The van der Waals surface area contributed by atoms with E-state index in [2.05, 4.69) is 4.99 Å². The molecule has 0 fully saturated rings. The molecule has 0 spiro atoms. The molecule has 70 valence electrons. The summed E-state index contributed by atoms with van der Waals surface area (Å²) in [6.45, 7) is 1.67. The Morgan fingerprint density at radius 2 is 1.69 bits per heavy atom. The first-order valence-corrected chi connectivity index (χ1v) is 4.59. The normalized spacial score (nSPS) is 11.8. The third-order valence-electron chi connectivity index (χ3n) is 1.29. The fourth-order valence-corrected chi connectivity index (χ4v) is 1.37. The van der Waals surface area contributed by atoms with Crippen molar-refractivity contribution in [3.63, 3.8) is 0 Å². The SMILES string of the molecule is CC(N)=Nc1cc(Cl)c(Cl)cc1Cl. The lowest BCUT2D eigenvalue weighted by atomic mass is 10.3. The Labute approximate surface area is 91.3 Å². The molecule has 13 heavy (non-hydrogen) atoms. The van der Waals surface area contributed by atoms with Gasteiger partial charge in [-0.3, -0.25) is 0 Å². The lowest BCUT2D eigenvalue weighted by molar-refractivity contribution is 1.45. The van der Waals surface area contributed by atoms with Gasteiger partial charge < -0.3 is 5.73 Å². The second-order valence-electron chi connectivity index (χ2n) is 2.47. The largest absolute Gasteiger partial charge is 0.387 e. The third kappa shape index (κ3) is 2.76. The van der Waals surface area contributed by atoms with Crippen LogP contribution in [0.15, 0.2) is 17.1 Å². The van der Waals surface area contributed by atoms with Crippen molar-refractivity contribution in [2.24, 2.45) is 10.7 Å². The number of nitrogens with zero attached hydrogens (tertiary/aromatic N) is 1. The monoisotopic (exact) mass is 236 g/mol. The highest BCUT2D eigenvalue weighted by molar-refractivity contribution is 6.43. The number of rotatable bonds is 1. The minimum atomic E-state index is 0.403. The molecule has 0 amide bonds. The van der Waals surface area contributed by atoms with E-state index in [0.717, 1.165) is 0 Å². The molecule has 1 aromatic carbocycles. The van der Waals surface area contributed by atoms with Gasteiger partial charge in [0.1, 0.15) is 0 Å². The van der Waals surface area contributed by atoms with E-state index in [9.17, 15) is 0 Å². The van der Waals surface area contributed by atoms with E-state index in [0.29, 0.717) is 26.6 Å². The van der Waals surface area contributed by atoms with Crippen molar-refractivity contribution in [1.29, 1.82) is 0 Å². The summed E-state index contributed by atoms with van der Waals surface area (Å²) in [6, 6.07) is 3.11. The summed E-state index contributed by atoms with van der Waals surface area (Å²) in [7, 11) is 0. The molecule has 2 nitrogen and oxygen atoms in total. The lowest BCUT2D eigenvalue weighted by Crippen LogP contribution is -2.03. The summed E-state index contributed by atoms with van der Waals surface area (Å²) in [6.07, 6.45) is 0. The van der Waals surface area contributed by atoms with E-state index in [1.54, 1.807) is 13.0 Å². The van der Waals surface area contributed by atoms with Gasteiger partial charge in [0.05, 0.1) is 26.6 Å². The average molecular weight is 238 g/mol. The van der Waals surface area contributed by atoms with Gasteiger partial charge in [0.15, 0.2) is 0 Å². The summed E-state index contributed by atoms with van der Waals surface area (Å²) in [4.78, 5) is 3.98. The van der Waals surface area contributed by atoms with Crippen LogP contribution in [0.4, 0.5) is 5.69 Å². The van der Waals surface area contributed by atoms with Crippen molar-refractivity contribution in [3.05, 3.63) is 27.2 Å². The molecule has 0 saturated heterocycles. The maximum Gasteiger partial charge on any atom is 0.0965 e. The molecule has 0 aliphatic carbocycles. The number of aliphatic imine (C=N–C) groups is 1. The van der Waals surface area contributed by atoms with Crippen LogP contribution in [-0.2, 0) is 0 Å². The van der Waals surface area contributed by atoms with Crippen LogP contribution < -0.4 is 5.73 Å². The summed E-state index contributed by atoms with van der Waals surface area (Å²) in [5, 5.41) is 1.24. The topological polar surface area (TPSA) is 38.4 Å². The van der Waals surface area contributed by atoms with Crippen molar-refractivity contribution in [2.45, 2.75) is 6.92 Å². The zero-order valence-electron chi connectivity index (χ0n) is 6.81. The van der Waals surface area contributed by atoms with Crippen LogP contribution >= 0.6 is 34.8 Å². The minimum Gasteiger partial charge on any atom is -0.387 e. The highest BCUT2D eigenvalue weighted by Gasteiger charge is 2.04. The number of hydrogen-bond donors (Lipinski definition) is 1. The molecule has 2 N–H and O–H groups in total. The van der Waals surface area contributed by atoms with E-state index < -0.39 is 0 Å². The van der Waals surface area contributed by atoms with Crippen LogP contribution in [0.3, 0.4) is 0 Å². The third-order valence-corrected chi connectivity index (χ3v) is 2.31. The Balaban J connectivity index is 3.24. The molecule has 0 aromatic heterocycles. The molecule has 1 rings (SSSR count). The number of halogens is 3. The van der Waals surface area contributed by atoms with Crippen molar-refractivity contribution in [1.82, 2.24) is 0 Å². The number of benzene rings is 1. The molecule has 5 heteroatoms. The predicted molar refractivity (Wildman–Crippen MR) is 58.4 cm³/mol. The number of amidine groups is 1. The fraction of sp³-hybridized carbons (Fsp3) is 0.125. The van der Waals surface area contributed by atoms with E-state index in [-0.39, 0.29) is 0 Å². The molecular weight excluding hydrogens is 230 g/mol. The van der Waals surface area contributed by atoms with Gasteiger partial charge in [-0.25, -0.2) is 4.99 Å². The Bertz CT molecular complexity index is 357. The van der Waals surface area contributed by atoms with E-state index in [4.69, 9.17) is 40.5 Å². The highest BCUT2D eigenvalue weighted by Crippen LogP contribution is 2.33. The number of hydrogen-bond acceptors (Lipinski definition) is 1. The van der Waals surface area contributed by atoms with Gasteiger partial charge in [0, 0.05) is 0 Å². The Hall–Kier alpha value is -0.440. The van der Waals surface area contributed by atoms with Crippen molar-refractivity contribution in [3.8, 4) is 0 Å². The van der Waals surface area contributed by atoms with Crippen molar-refractivity contribution < 1.29 is 0 Å². The zero-order valence-corrected chi connectivity index (χ0v) is 9.08. The first-order chi connectivity index (χ1) is 6.00. The van der Waals surface area contributed by atoms with E-state index in [1.807, 2.05) is 0 Å². The molecule has 0 heterocycles.